The fourth-order valence-electron chi connectivity index (χ4n) is 7.66. The van der Waals surface area contributed by atoms with E-state index < -0.39 is 90.5 Å². The summed E-state index contributed by atoms with van der Waals surface area (Å²) in [6.07, 6.45) is -0.858. The number of hydrogen-bond acceptors (Lipinski definition) is 11. The zero-order valence-electron chi connectivity index (χ0n) is 38.8. The van der Waals surface area contributed by atoms with Crippen LogP contribution in [0.15, 0.2) is 146 Å². The molecule has 0 saturated carbocycles. The van der Waals surface area contributed by atoms with Gasteiger partial charge in [-0.15, -0.1) is 0 Å². The third kappa shape index (κ3) is 14.7. The lowest BCUT2D eigenvalue weighted by molar-refractivity contribution is -0.146. The van der Waals surface area contributed by atoms with Crippen molar-refractivity contribution in [3.8, 4) is 5.75 Å². The van der Waals surface area contributed by atoms with Gasteiger partial charge in [0.25, 0.3) is 0 Å². The first-order valence-corrected chi connectivity index (χ1v) is 22.8. The summed E-state index contributed by atoms with van der Waals surface area (Å²) >= 11 is 4.70. The minimum absolute atomic E-state index is 0.0227. The van der Waals surface area contributed by atoms with Crippen LogP contribution in [0.2, 0.25) is 0 Å². The summed E-state index contributed by atoms with van der Waals surface area (Å²) in [7, 11) is 1.20. The zero-order valence-corrected chi connectivity index (χ0v) is 39.7. The number of nitrogens with one attached hydrogen (secondary N) is 5. The largest absolute Gasteiger partial charge is 0.508 e. The van der Waals surface area contributed by atoms with Crippen molar-refractivity contribution in [2.24, 2.45) is 0 Å². The van der Waals surface area contributed by atoms with Crippen molar-refractivity contribution in [1.82, 2.24) is 31.5 Å². The van der Waals surface area contributed by atoms with Gasteiger partial charge in [0.1, 0.15) is 41.6 Å². The van der Waals surface area contributed by atoms with E-state index in [2.05, 4.69) is 26.6 Å². The molecule has 0 radical (unpaired) electrons. The van der Waals surface area contributed by atoms with E-state index in [4.69, 9.17) is 22.1 Å². The number of carbonyl (C=O) groups is 7. The first-order valence-electron chi connectivity index (χ1n) is 22.2. The molecule has 0 heterocycles. The van der Waals surface area contributed by atoms with Crippen molar-refractivity contribution in [3.63, 3.8) is 0 Å². The van der Waals surface area contributed by atoms with E-state index >= 15 is 9.59 Å². The second-order valence-corrected chi connectivity index (χ2v) is 17.3. The summed E-state index contributed by atoms with van der Waals surface area (Å²) in [5, 5.41) is 23.0. The molecule has 16 nitrogen and oxygen atoms in total. The smallest absolute Gasteiger partial charge is 0.408 e. The van der Waals surface area contributed by atoms with Gasteiger partial charge in [-0.25, -0.2) is 9.59 Å². The third-order valence-electron chi connectivity index (χ3n) is 10.8. The van der Waals surface area contributed by atoms with Crippen LogP contribution in [0.1, 0.15) is 48.6 Å². The molecular weight excluding hydrogens is 901 g/mol. The minimum atomic E-state index is -1.60. The highest BCUT2D eigenvalue weighted by Crippen LogP contribution is 2.44. The number of thiol groups is 1. The molecule has 362 valence electrons. The molecule has 3 unspecified atom stereocenters. The molecule has 0 aromatic heterocycles. The van der Waals surface area contributed by atoms with Gasteiger partial charge in [0.15, 0.2) is 0 Å². The quantitative estimate of drug-likeness (QED) is 0.0316. The Hall–Kier alpha value is -7.66. The number of ether oxygens (including phenoxy) is 2. The van der Waals surface area contributed by atoms with Crippen molar-refractivity contribution in [1.29, 1.82) is 0 Å². The predicted octanol–water partition coefficient (Wildman–Crippen LogP) is 4.20. The molecule has 6 N–H and O–H groups in total. The maximum Gasteiger partial charge on any atom is 0.408 e. The van der Waals surface area contributed by atoms with E-state index in [1.165, 1.54) is 24.1 Å². The van der Waals surface area contributed by atoms with E-state index in [1.807, 2.05) is 60.7 Å². The van der Waals surface area contributed by atoms with Gasteiger partial charge >= 0.3 is 12.1 Å². The number of phenolic OH excluding ortho intramolecular Hbond substituents is 1. The number of rotatable bonds is 21. The van der Waals surface area contributed by atoms with Gasteiger partial charge in [0.2, 0.25) is 29.5 Å². The number of nitrogens with zero attached hydrogens (tertiary/aromatic N) is 1. The van der Waals surface area contributed by atoms with Gasteiger partial charge in [-0.1, -0.05) is 133 Å². The van der Waals surface area contributed by atoms with Gasteiger partial charge in [-0.05, 0) is 60.7 Å². The first-order chi connectivity index (χ1) is 33.0. The van der Waals surface area contributed by atoms with Crippen LogP contribution in [-0.4, -0.2) is 108 Å². The van der Waals surface area contributed by atoms with Gasteiger partial charge in [0.05, 0.1) is 20.2 Å². The Morgan fingerprint density at radius 3 is 1.49 bits per heavy atom. The second kappa shape index (κ2) is 24.9. The van der Waals surface area contributed by atoms with Gasteiger partial charge in [-0.3, -0.25) is 24.0 Å². The highest BCUT2D eigenvalue weighted by Gasteiger charge is 2.49. The van der Waals surface area contributed by atoms with Crippen LogP contribution in [-0.2, 0) is 56.6 Å². The molecule has 0 aliphatic heterocycles. The lowest BCUT2D eigenvalue weighted by Crippen LogP contribution is -2.64. The molecule has 0 bridgehead atoms. The van der Waals surface area contributed by atoms with Gasteiger partial charge in [-0.2, -0.15) is 12.6 Å². The molecule has 5 aromatic carbocycles. The molecule has 17 heteroatoms. The number of aromatic hydroxyl groups is 1. The molecule has 69 heavy (non-hydrogen) atoms. The number of amides is 6. The van der Waals surface area contributed by atoms with E-state index in [0.717, 1.165) is 5.56 Å². The normalized spacial score (nSPS) is 12.5. The maximum atomic E-state index is 15.3. The highest BCUT2D eigenvalue weighted by molar-refractivity contribution is 7.80. The Morgan fingerprint density at radius 1 is 0.580 bits per heavy atom. The number of carbonyl (C=O) groups excluding carboxylic acids is 7. The SMILES string of the molecule is COC(=O)C(Cc1ccccc1)NC(=O)C(Cc1ccc(O)cc1)NC(=O)C(CS)N(C(=O)CNC(=O)CNC(=O)CNC(=O)OC(C)(C)C)C(c1ccccc1)(c1ccccc1)c1ccccc1. The summed E-state index contributed by atoms with van der Waals surface area (Å²) in [5.41, 5.74) is 0.571. The van der Waals surface area contributed by atoms with E-state index in [1.54, 1.807) is 93.6 Å². The lowest BCUT2D eigenvalue weighted by atomic mass is 9.74. The van der Waals surface area contributed by atoms with E-state index in [9.17, 15) is 29.1 Å². The Morgan fingerprint density at radius 2 is 1.01 bits per heavy atom. The summed E-state index contributed by atoms with van der Waals surface area (Å²) in [6, 6.07) is 38.1. The standard InChI is InChI=1S/C52H58N6O10S/c1-51(2,3)68-50(66)55-32-45(61)53-31-44(60)54-33-46(62)58(52(37-19-11-6-12-20-37,38-21-13-7-14-22-38)39-23-15-8-16-24-39)43(34-69)48(64)56-41(29-36-25-27-40(59)28-26-36)47(63)57-42(49(65)67-4)30-35-17-9-5-10-18-35/h5-28,41-43,59,69H,29-34H2,1-4H3,(H,53,61)(H,54,60)(H,55,66)(H,56,64)(H,57,63). The summed E-state index contributed by atoms with van der Waals surface area (Å²) < 4.78 is 10.2. The third-order valence-corrected chi connectivity index (χ3v) is 11.1. The molecule has 0 saturated heterocycles. The van der Waals surface area contributed by atoms with Crippen LogP contribution < -0.4 is 26.6 Å². The Balaban J connectivity index is 1.55. The summed E-state index contributed by atoms with van der Waals surface area (Å²) in [5.74, 6) is -4.79. The Kier molecular flexibility index (Phi) is 18.9. The van der Waals surface area contributed by atoms with Crippen LogP contribution in [0.5, 0.6) is 5.75 Å². The van der Waals surface area contributed by atoms with E-state index in [-0.39, 0.29) is 24.3 Å². The molecule has 0 aliphatic rings. The predicted molar refractivity (Wildman–Crippen MR) is 262 cm³/mol. The molecular formula is C52H58N6O10S. The van der Waals surface area contributed by atoms with Crippen LogP contribution >= 0.6 is 12.6 Å². The Labute approximate surface area is 407 Å². The number of esters is 1. The fraction of sp³-hybridized carbons (Fsp3) is 0.288. The molecule has 3 atom stereocenters. The average molecular weight is 959 g/mol. The second-order valence-electron chi connectivity index (χ2n) is 16.9. The first kappa shape index (κ1) is 52.3. The van der Waals surface area contributed by atoms with Gasteiger partial charge < -0.3 is 46.1 Å². The summed E-state index contributed by atoms with van der Waals surface area (Å²) in [6.45, 7) is 3.28. The molecule has 6 amide bonds. The lowest BCUT2D eigenvalue weighted by Gasteiger charge is -2.48. The fourth-order valence-corrected chi connectivity index (χ4v) is 7.99. The zero-order chi connectivity index (χ0) is 50.0. The number of phenols is 1. The van der Waals surface area contributed by atoms with Crippen LogP contribution in [0.25, 0.3) is 0 Å². The number of benzene rings is 5. The van der Waals surface area contributed by atoms with Crippen molar-refractivity contribution in [2.75, 3.05) is 32.5 Å². The molecule has 0 spiro atoms. The van der Waals surface area contributed by atoms with Crippen molar-refractivity contribution in [3.05, 3.63) is 173 Å². The topological polar surface area (TPSA) is 222 Å². The maximum absolute atomic E-state index is 15.3. The minimum Gasteiger partial charge on any atom is -0.508 e. The highest BCUT2D eigenvalue weighted by atomic mass is 32.1. The van der Waals surface area contributed by atoms with Crippen LogP contribution in [0.3, 0.4) is 0 Å². The van der Waals surface area contributed by atoms with Crippen molar-refractivity contribution in [2.45, 2.75) is 62.9 Å². The van der Waals surface area contributed by atoms with Crippen LogP contribution in [0, 0.1) is 0 Å². The molecule has 5 rings (SSSR count). The molecule has 5 aromatic rings. The van der Waals surface area contributed by atoms with Gasteiger partial charge in [0, 0.05) is 18.6 Å². The summed E-state index contributed by atoms with van der Waals surface area (Å²) in [4.78, 5) is 97.5. The number of hydrogen-bond donors (Lipinski definition) is 7. The average Bonchev–Trinajstić information content (AvgIpc) is 3.35. The number of alkyl carbamates (subject to hydrolysis) is 1. The number of methoxy groups -OCH3 is 1. The van der Waals surface area contributed by atoms with E-state index in [0.29, 0.717) is 22.3 Å². The van der Waals surface area contributed by atoms with Crippen molar-refractivity contribution < 1.29 is 48.1 Å². The molecule has 0 fully saturated rings. The van der Waals surface area contributed by atoms with Crippen LogP contribution in [0.4, 0.5) is 4.79 Å². The Bertz CT molecular complexity index is 2410. The van der Waals surface area contributed by atoms with Crippen molar-refractivity contribution >= 4 is 54.2 Å². The molecule has 0 aliphatic carbocycles. The monoisotopic (exact) mass is 958 g/mol.